The van der Waals surface area contributed by atoms with Crippen LogP contribution < -0.4 is 10.6 Å². The average Bonchev–Trinajstić information content (AvgIpc) is 3.20. The van der Waals surface area contributed by atoms with Crippen LogP contribution in [0.3, 0.4) is 0 Å². The van der Waals surface area contributed by atoms with Gasteiger partial charge in [0.2, 0.25) is 5.91 Å². The van der Waals surface area contributed by atoms with Gasteiger partial charge in [-0.3, -0.25) is 10.1 Å². The lowest BCUT2D eigenvalue weighted by Crippen LogP contribution is -2.41. The molecule has 1 unspecified atom stereocenters. The Morgan fingerprint density at radius 3 is 2.75 bits per heavy atom. The Balaban J connectivity index is 1.75. The molecule has 0 bridgehead atoms. The lowest BCUT2D eigenvalue weighted by Gasteiger charge is -2.12. The molecule has 2 N–H and O–H groups in total. The van der Waals surface area contributed by atoms with Crippen molar-refractivity contribution >= 4 is 23.7 Å². The van der Waals surface area contributed by atoms with Gasteiger partial charge in [-0.1, -0.05) is 18.2 Å². The molecule has 20 heavy (non-hydrogen) atoms. The van der Waals surface area contributed by atoms with E-state index in [-0.39, 0.29) is 28.8 Å². The number of hydrogen-bond acceptors (Lipinski definition) is 3. The predicted molar refractivity (Wildman–Crippen MR) is 77.0 cm³/mol. The first-order valence-corrected chi connectivity index (χ1v) is 7.57. The zero-order valence-corrected chi connectivity index (χ0v) is 12.0. The fourth-order valence-corrected chi connectivity index (χ4v) is 2.55. The third-order valence-electron chi connectivity index (χ3n) is 2.97. The smallest absolute Gasteiger partial charge is 0.321 e. The lowest BCUT2D eigenvalue weighted by atomic mass is 10.1. The number of carbonyl (C=O) groups excluding carboxylic acids is 2. The fourth-order valence-electron chi connectivity index (χ4n) is 1.71. The maximum Gasteiger partial charge on any atom is 0.321 e. The number of imide groups is 1. The summed E-state index contributed by atoms with van der Waals surface area (Å²) in [6.07, 6.45) is 1.95. The molecule has 1 fully saturated rings. The minimum absolute atomic E-state index is 0.119. The van der Waals surface area contributed by atoms with E-state index in [0.29, 0.717) is 5.56 Å². The predicted octanol–water partition coefficient (Wildman–Crippen LogP) is 2.61. The molecule has 0 spiro atoms. The molecule has 4 nitrogen and oxygen atoms in total. The molecule has 1 atom stereocenters. The second-order valence-corrected chi connectivity index (χ2v) is 6.10. The third-order valence-corrected chi connectivity index (χ3v) is 4.16. The van der Waals surface area contributed by atoms with Crippen molar-refractivity contribution in [1.29, 1.82) is 0 Å². The Morgan fingerprint density at radius 2 is 2.10 bits per heavy atom. The topological polar surface area (TPSA) is 58.2 Å². The summed E-state index contributed by atoms with van der Waals surface area (Å²) in [5, 5.41) is 4.80. The highest BCUT2D eigenvalue weighted by molar-refractivity contribution is 8.00. The van der Waals surface area contributed by atoms with E-state index in [1.165, 1.54) is 17.8 Å². The standard InChI is InChI=1S/C14H17FN2O2S/c1-9(11-4-2-3-5-12(11)15)20-8-13(18)17-14(19)16-10-6-7-10/h2-5,9-10H,6-8H2,1H3,(H2,16,17,18,19). The van der Waals surface area contributed by atoms with Gasteiger partial charge in [0.25, 0.3) is 0 Å². The fraction of sp³-hybridized carbons (Fsp3) is 0.429. The van der Waals surface area contributed by atoms with Crippen LogP contribution in [0.1, 0.15) is 30.6 Å². The number of rotatable bonds is 5. The van der Waals surface area contributed by atoms with Crippen molar-refractivity contribution in [2.24, 2.45) is 0 Å². The average molecular weight is 296 g/mol. The number of nitrogens with one attached hydrogen (secondary N) is 2. The molecule has 1 saturated carbocycles. The summed E-state index contributed by atoms with van der Waals surface area (Å²) in [7, 11) is 0. The third kappa shape index (κ3) is 4.52. The molecule has 0 saturated heterocycles. The van der Waals surface area contributed by atoms with Gasteiger partial charge in [0, 0.05) is 16.9 Å². The lowest BCUT2D eigenvalue weighted by molar-refractivity contribution is -0.117. The van der Waals surface area contributed by atoms with Crippen molar-refractivity contribution in [3.8, 4) is 0 Å². The second kappa shape index (κ2) is 6.74. The summed E-state index contributed by atoms with van der Waals surface area (Å²) in [5.41, 5.74) is 0.563. The molecule has 1 aliphatic rings. The highest BCUT2D eigenvalue weighted by atomic mass is 32.2. The first-order valence-electron chi connectivity index (χ1n) is 6.52. The van der Waals surface area contributed by atoms with Crippen molar-refractivity contribution in [2.75, 3.05) is 5.75 Å². The molecule has 0 aliphatic heterocycles. The number of thioether (sulfide) groups is 1. The maximum atomic E-state index is 13.5. The van der Waals surface area contributed by atoms with Crippen LogP contribution in [0.2, 0.25) is 0 Å². The highest BCUT2D eigenvalue weighted by Gasteiger charge is 2.24. The van der Waals surface area contributed by atoms with Gasteiger partial charge in [-0.15, -0.1) is 11.8 Å². The quantitative estimate of drug-likeness (QED) is 0.878. The van der Waals surface area contributed by atoms with E-state index in [1.807, 2.05) is 6.92 Å². The van der Waals surface area contributed by atoms with Gasteiger partial charge in [0.05, 0.1) is 5.75 Å². The summed E-state index contributed by atoms with van der Waals surface area (Å²) in [4.78, 5) is 22.9. The van der Waals surface area contributed by atoms with Gasteiger partial charge in [-0.2, -0.15) is 0 Å². The van der Waals surface area contributed by atoms with E-state index in [4.69, 9.17) is 0 Å². The Kier molecular flexibility index (Phi) is 5.00. The van der Waals surface area contributed by atoms with Crippen molar-refractivity contribution in [2.45, 2.75) is 31.1 Å². The molecule has 3 amide bonds. The van der Waals surface area contributed by atoms with Crippen molar-refractivity contribution < 1.29 is 14.0 Å². The largest absolute Gasteiger partial charge is 0.335 e. The second-order valence-electron chi connectivity index (χ2n) is 4.77. The van der Waals surface area contributed by atoms with Gasteiger partial charge in [0.1, 0.15) is 5.82 Å². The van der Waals surface area contributed by atoms with Gasteiger partial charge in [-0.25, -0.2) is 9.18 Å². The SMILES string of the molecule is CC(SCC(=O)NC(=O)NC1CC1)c1ccccc1F. The minimum atomic E-state index is -0.448. The summed E-state index contributed by atoms with van der Waals surface area (Å²) in [6, 6.07) is 6.26. The first-order chi connectivity index (χ1) is 9.56. The summed E-state index contributed by atoms with van der Waals surface area (Å²) in [6.45, 7) is 1.83. The molecule has 6 heteroatoms. The van der Waals surface area contributed by atoms with Crippen LogP contribution in [-0.4, -0.2) is 23.7 Å². The summed E-state index contributed by atoms with van der Waals surface area (Å²) >= 11 is 1.30. The molecule has 0 heterocycles. The first kappa shape index (κ1) is 14.8. The number of benzene rings is 1. The van der Waals surface area contributed by atoms with Crippen LogP contribution in [0.25, 0.3) is 0 Å². The molecule has 1 aromatic carbocycles. The Morgan fingerprint density at radius 1 is 1.40 bits per heavy atom. The van der Waals surface area contributed by atoms with E-state index >= 15 is 0 Å². The molecular weight excluding hydrogens is 279 g/mol. The molecular formula is C14H17FN2O2S. The van der Waals surface area contributed by atoms with Crippen LogP contribution >= 0.6 is 11.8 Å². The number of hydrogen-bond donors (Lipinski definition) is 2. The Labute approximate surface area is 121 Å². The molecule has 0 aromatic heterocycles. The number of carbonyl (C=O) groups is 2. The van der Waals surface area contributed by atoms with Crippen LogP contribution in [0.15, 0.2) is 24.3 Å². The van der Waals surface area contributed by atoms with E-state index in [9.17, 15) is 14.0 Å². The molecule has 2 rings (SSSR count). The normalized spacial score (nSPS) is 15.5. The summed E-state index contributed by atoms with van der Waals surface area (Å²) < 4.78 is 13.5. The highest BCUT2D eigenvalue weighted by Crippen LogP contribution is 2.29. The van der Waals surface area contributed by atoms with Crippen LogP contribution in [-0.2, 0) is 4.79 Å². The maximum absolute atomic E-state index is 13.5. The van der Waals surface area contributed by atoms with Crippen LogP contribution in [0.4, 0.5) is 9.18 Å². The van der Waals surface area contributed by atoms with Crippen molar-refractivity contribution in [3.63, 3.8) is 0 Å². The van der Waals surface area contributed by atoms with E-state index in [1.54, 1.807) is 18.2 Å². The number of urea groups is 1. The van der Waals surface area contributed by atoms with Crippen LogP contribution in [0.5, 0.6) is 0 Å². The molecule has 1 aliphatic carbocycles. The Bertz CT molecular complexity index is 506. The van der Waals surface area contributed by atoms with Crippen molar-refractivity contribution in [1.82, 2.24) is 10.6 Å². The van der Waals surface area contributed by atoms with Crippen molar-refractivity contribution in [3.05, 3.63) is 35.6 Å². The molecule has 108 valence electrons. The monoisotopic (exact) mass is 296 g/mol. The summed E-state index contributed by atoms with van der Waals surface area (Å²) in [5.74, 6) is -0.524. The minimum Gasteiger partial charge on any atom is -0.335 e. The van der Waals surface area contributed by atoms with E-state index < -0.39 is 6.03 Å². The van der Waals surface area contributed by atoms with E-state index in [0.717, 1.165) is 12.8 Å². The molecule has 0 radical (unpaired) electrons. The van der Waals surface area contributed by atoms with Gasteiger partial charge >= 0.3 is 6.03 Å². The van der Waals surface area contributed by atoms with Gasteiger partial charge in [0.15, 0.2) is 0 Å². The number of amides is 3. The molecule has 1 aromatic rings. The number of halogens is 1. The Hall–Kier alpha value is -1.56. The zero-order valence-electron chi connectivity index (χ0n) is 11.2. The van der Waals surface area contributed by atoms with E-state index in [2.05, 4.69) is 10.6 Å². The van der Waals surface area contributed by atoms with Gasteiger partial charge < -0.3 is 5.32 Å². The van der Waals surface area contributed by atoms with Crippen LogP contribution in [0, 0.1) is 5.82 Å². The zero-order chi connectivity index (χ0) is 14.5. The van der Waals surface area contributed by atoms with Gasteiger partial charge in [-0.05, 0) is 25.8 Å².